The fraction of sp³-hybridized carbons (Fsp3) is 0. The second kappa shape index (κ2) is 10.3. The van der Waals surface area contributed by atoms with Crippen LogP contribution >= 0.6 is 0 Å². The van der Waals surface area contributed by atoms with E-state index in [1.54, 1.807) is 24.5 Å². The third kappa shape index (κ3) is 5.64. The molecule has 0 atom stereocenters. The number of halogens is 1. The number of pyridine rings is 4. The van der Waals surface area contributed by atoms with Crippen LogP contribution in [0.3, 0.4) is 0 Å². The maximum Gasteiger partial charge on any atom is 0.212 e. The molecule has 0 saturated carbocycles. The molecule has 0 spiro atoms. The SMILES string of the molecule is Fc1ccccn1.[Pt].c1ccc(-c2cccc(-c3ccccn3)n2)nc1. The molecular weight excluding hydrogens is 510 g/mol. The van der Waals surface area contributed by atoms with Crippen LogP contribution in [0.25, 0.3) is 22.8 Å². The predicted molar refractivity (Wildman–Crippen MR) is 94.9 cm³/mol. The number of rotatable bonds is 2. The van der Waals surface area contributed by atoms with Gasteiger partial charge in [-0.2, -0.15) is 4.39 Å². The molecular formula is C20H15FN4Pt. The van der Waals surface area contributed by atoms with E-state index >= 15 is 0 Å². The molecule has 0 unspecified atom stereocenters. The molecule has 6 heteroatoms. The van der Waals surface area contributed by atoms with Crippen LogP contribution in [-0.4, -0.2) is 19.9 Å². The third-order valence-electron chi connectivity index (χ3n) is 3.23. The molecule has 4 aromatic heterocycles. The first-order valence-corrected chi connectivity index (χ1v) is 7.69. The van der Waals surface area contributed by atoms with Gasteiger partial charge in [0.15, 0.2) is 0 Å². The molecule has 0 bridgehead atoms. The van der Waals surface area contributed by atoms with Crippen LogP contribution in [0.4, 0.5) is 4.39 Å². The van der Waals surface area contributed by atoms with Crippen LogP contribution in [0.2, 0.25) is 0 Å². The summed E-state index contributed by atoms with van der Waals surface area (Å²) in [7, 11) is 0. The zero-order valence-electron chi connectivity index (χ0n) is 13.6. The molecule has 4 heterocycles. The van der Waals surface area contributed by atoms with Crippen LogP contribution in [0.1, 0.15) is 0 Å². The molecule has 0 radical (unpaired) electrons. The van der Waals surface area contributed by atoms with Gasteiger partial charge in [0.2, 0.25) is 5.95 Å². The molecule has 0 aromatic carbocycles. The van der Waals surface area contributed by atoms with Crippen LogP contribution < -0.4 is 0 Å². The van der Waals surface area contributed by atoms with Crippen LogP contribution in [-0.2, 0) is 21.1 Å². The Morgan fingerprint density at radius 2 is 0.962 bits per heavy atom. The zero-order chi connectivity index (χ0) is 17.3. The van der Waals surface area contributed by atoms with Crippen molar-refractivity contribution in [2.24, 2.45) is 0 Å². The molecule has 4 rings (SSSR count). The summed E-state index contributed by atoms with van der Waals surface area (Å²) in [5.41, 5.74) is 3.46. The fourth-order valence-electron chi connectivity index (χ4n) is 2.09. The summed E-state index contributed by atoms with van der Waals surface area (Å²) in [6, 6.07) is 22.1. The van der Waals surface area contributed by atoms with Crippen LogP contribution in [0.15, 0.2) is 91.4 Å². The number of hydrogen-bond donors (Lipinski definition) is 0. The monoisotopic (exact) mass is 525 g/mol. The van der Waals surface area contributed by atoms with Gasteiger partial charge >= 0.3 is 0 Å². The van der Waals surface area contributed by atoms with Gasteiger partial charge in [0.1, 0.15) is 0 Å². The van der Waals surface area contributed by atoms with E-state index in [-0.39, 0.29) is 21.1 Å². The van der Waals surface area contributed by atoms with E-state index in [9.17, 15) is 4.39 Å². The Bertz CT molecular complexity index is 852. The molecule has 26 heavy (non-hydrogen) atoms. The van der Waals surface area contributed by atoms with E-state index < -0.39 is 5.95 Å². The smallest absolute Gasteiger partial charge is 0.212 e. The first-order valence-electron chi connectivity index (χ1n) is 7.69. The minimum absolute atomic E-state index is 0. The molecule has 0 N–H and O–H groups in total. The van der Waals surface area contributed by atoms with Gasteiger partial charge in [-0.15, -0.1) is 0 Å². The molecule has 0 aliphatic heterocycles. The Labute approximate surface area is 165 Å². The summed E-state index contributed by atoms with van der Waals surface area (Å²) < 4.78 is 11.8. The van der Waals surface area contributed by atoms with E-state index in [4.69, 9.17) is 0 Å². The number of nitrogens with zero attached hydrogens (tertiary/aromatic N) is 4. The molecule has 4 aromatic rings. The van der Waals surface area contributed by atoms with Gasteiger partial charge in [0, 0.05) is 39.7 Å². The minimum atomic E-state index is -0.428. The van der Waals surface area contributed by atoms with E-state index in [1.807, 2.05) is 54.6 Å². The van der Waals surface area contributed by atoms with E-state index in [1.165, 1.54) is 12.3 Å². The van der Waals surface area contributed by atoms with Gasteiger partial charge in [-0.1, -0.05) is 24.3 Å². The van der Waals surface area contributed by atoms with Gasteiger partial charge in [-0.25, -0.2) is 9.97 Å². The first kappa shape index (κ1) is 19.5. The van der Waals surface area contributed by atoms with E-state index in [0.717, 1.165) is 22.8 Å². The Morgan fingerprint density at radius 3 is 1.31 bits per heavy atom. The number of aromatic nitrogens is 4. The molecule has 4 nitrogen and oxygen atoms in total. The molecule has 132 valence electrons. The maximum absolute atomic E-state index is 11.8. The molecule has 0 saturated heterocycles. The Morgan fingerprint density at radius 1 is 0.500 bits per heavy atom. The average molecular weight is 525 g/mol. The van der Waals surface area contributed by atoms with Crippen molar-refractivity contribution in [2.45, 2.75) is 0 Å². The summed E-state index contributed by atoms with van der Waals surface area (Å²) in [5.74, 6) is -0.428. The molecule has 0 aliphatic carbocycles. The van der Waals surface area contributed by atoms with Crippen molar-refractivity contribution in [1.29, 1.82) is 0 Å². The predicted octanol–water partition coefficient (Wildman–Crippen LogP) is 4.42. The summed E-state index contributed by atoms with van der Waals surface area (Å²) in [5, 5.41) is 0. The molecule has 0 aliphatic rings. The summed E-state index contributed by atoms with van der Waals surface area (Å²) in [4.78, 5) is 16.5. The van der Waals surface area contributed by atoms with Crippen molar-refractivity contribution in [2.75, 3.05) is 0 Å². The van der Waals surface area contributed by atoms with Crippen molar-refractivity contribution in [3.05, 3.63) is 97.3 Å². The summed E-state index contributed by atoms with van der Waals surface area (Å²) >= 11 is 0. The van der Waals surface area contributed by atoms with Crippen molar-refractivity contribution < 1.29 is 25.5 Å². The number of hydrogen-bond acceptors (Lipinski definition) is 4. The van der Waals surface area contributed by atoms with E-state index in [0.29, 0.717) is 0 Å². The Hall–Kier alpha value is -2.78. The normalized spacial score (nSPS) is 9.42. The van der Waals surface area contributed by atoms with Gasteiger partial charge < -0.3 is 0 Å². The summed E-state index contributed by atoms with van der Waals surface area (Å²) in [6.45, 7) is 0. The summed E-state index contributed by atoms with van der Waals surface area (Å²) in [6.07, 6.45) is 4.95. The topological polar surface area (TPSA) is 51.6 Å². The van der Waals surface area contributed by atoms with Gasteiger partial charge in [-0.3, -0.25) is 9.97 Å². The van der Waals surface area contributed by atoms with Crippen molar-refractivity contribution in [1.82, 2.24) is 19.9 Å². The standard InChI is InChI=1S/C15H11N3.C5H4FN.Pt/c1-3-10-16-12(6-1)14-8-5-9-15(18-14)13-7-2-4-11-17-13;6-5-3-1-2-4-7-5;/h1-11H;1-4H;. The maximum atomic E-state index is 11.8. The quantitative estimate of drug-likeness (QED) is 0.364. The molecule has 0 amide bonds. The van der Waals surface area contributed by atoms with Gasteiger partial charge in [-0.05, 0) is 48.5 Å². The molecule has 0 fully saturated rings. The van der Waals surface area contributed by atoms with Crippen molar-refractivity contribution >= 4 is 0 Å². The zero-order valence-corrected chi connectivity index (χ0v) is 15.9. The fourth-order valence-corrected chi connectivity index (χ4v) is 2.09. The van der Waals surface area contributed by atoms with Crippen LogP contribution in [0.5, 0.6) is 0 Å². The third-order valence-corrected chi connectivity index (χ3v) is 3.23. The second-order valence-electron chi connectivity index (χ2n) is 4.99. The van der Waals surface area contributed by atoms with Crippen LogP contribution in [0, 0.1) is 5.95 Å². The van der Waals surface area contributed by atoms with Crippen molar-refractivity contribution in [3.63, 3.8) is 0 Å². The first-order chi connectivity index (χ1) is 12.3. The van der Waals surface area contributed by atoms with Gasteiger partial charge in [0.05, 0.1) is 22.8 Å². The Kier molecular flexibility index (Phi) is 7.71. The van der Waals surface area contributed by atoms with Crippen molar-refractivity contribution in [3.8, 4) is 22.8 Å². The second-order valence-corrected chi connectivity index (χ2v) is 4.99. The minimum Gasteiger partial charge on any atom is -0.255 e. The average Bonchev–Trinajstić information content (AvgIpc) is 2.71. The van der Waals surface area contributed by atoms with Gasteiger partial charge in [0.25, 0.3) is 0 Å². The largest absolute Gasteiger partial charge is 0.255 e. The Balaban J connectivity index is 0.000000258. The van der Waals surface area contributed by atoms with E-state index in [2.05, 4.69) is 19.9 Å².